The van der Waals surface area contributed by atoms with Gasteiger partial charge in [0.25, 0.3) is 0 Å². The summed E-state index contributed by atoms with van der Waals surface area (Å²) in [6.45, 7) is 6.15. The Morgan fingerprint density at radius 3 is 2.31 bits per heavy atom. The average molecular weight is 507 g/mol. The number of carbonyl (C=O) groups excluding carboxylic acids is 3. The van der Waals surface area contributed by atoms with E-state index in [1.807, 2.05) is 20.8 Å². The van der Waals surface area contributed by atoms with Crippen LogP contribution < -0.4 is 0 Å². The predicted octanol–water partition coefficient (Wildman–Crippen LogP) is 4.80. The first kappa shape index (κ1) is 27.4. The minimum absolute atomic E-state index is 0.00478. The van der Waals surface area contributed by atoms with Crippen molar-refractivity contribution in [2.45, 2.75) is 84.7 Å². The summed E-state index contributed by atoms with van der Waals surface area (Å²) in [7, 11) is 2.95. The van der Waals surface area contributed by atoms with Crippen molar-refractivity contribution in [3.8, 4) is 0 Å². The van der Waals surface area contributed by atoms with Gasteiger partial charge in [-0.25, -0.2) is 0 Å². The van der Waals surface area contributed by atoms with E-state index in [0.29, 0.717) is 44.1 Å². The smallest absolute Gasteiger partial charge is 0.311 e. The van der Waals surface area contributed by atoms with Crippen LogP contribution >= 0.6 is 0 Å². The highest BCUT2D eigenvalue weighted by atomic mass is 16.6. The number of ether oxygens (including phenoxy) is 4. The summed E-state index contributed by atoms with van der Waals surface area (Å²) in [5.41, 5.74) is -0.809. The quantitative estimate of drug-likeness (QED) is 0.153. The molecule has 0 radical (unpaired) electrons. The Kier molecular flexibility index (Phi) is 8.68. The molecule has 4 aliphatic rings. The van der Waals surface area contributed by atoms with Crippen molar-refractivity contribution < 1.29 is 33.3 Å². The molecule has 0 aromatic rings. The minimum atomic E-state index is -0.809. The Hall–Kier alpha value is -1.63. The predicted molar refractivity (Wildman–Crippen MR) is 134 cm³/mol. The van der Waals surface area contributed by atoms with E-state index in [4.69, 9.17) is 18.9 Å². The van der Waals surface area contributed by atoms with Gasteiger partial charge < -0.3 is 18.9 Å². The molecule has 10 unspecified atom stereocenters. The first-order valence-corrected chi connectivity index (χ1v) is 14.2. The molecule has 4 aliphatic carbocycles. The third-order valence-corrected chi connectivity index (χ3v) is 10.3. The number of carbonyl (C=O) groups is 3. The van der Waals surface area contributed by atoms with E-state index in [1.165, 1.54) is 32.8 Å². The Morgan fingerprint density at radius 1 is 0.917 bits per heavy atom. The Morgan fingerprint density at radius 2 is 1.64 bits per heavy atom. The van der Waals surface area contributed by atoms with Crippen molar-refractivity contribution >= 4 is 17.9 Å². The van der Waals surface area contributed by atoms with Crippen LogP contribution in [0, 0.1) is 52.8 Å². The number of hydrogen-bond donors (Lipinski definition) is 0. The molecule has 10 atom stereocenters. The highest BCUT2D eigenvalue weighted by Gasteiger charge is 2.63. The molecule has 0 spiro atoms. The normalized spacial score (nSPS) is 35.1. The van der Waals surface area contributed by atoms with Gasteiger partial charge in [0.1, 0.15) is 12.7 Å². The summed E-state index contributed by atoms with van der Waals surface area (Å²) in [5.74, 6) is 2.98. The molecule has 4 fully saturated rings. The molecular formula is C29H46O7. The summed E-state index contributed by atoms with van der Waals surface area (Å²) < 4.78 is 21.6. The minimum Gasteiger partial charge on any atom is -0.469 e. The monoisotopic (exact) mass is 506 g/mol. The Balaban J connectivity index is 1.42. The van der Waals surface area contributed by atoms with Gasteiger partial charge >= 0.3 is 17.9 Å². The second kappa shape index (κ2) is 11.4. The fourth-order valence-corrected chi connectivity index (χ4v) is 8.27. The molecule has 36 heavy (non-hydrogen) atoms. The lowest BCUT2D eigenvalue weighted by Crippen LogP contribution is -2.40. The van der Waals surface area contributed by atoms with Crippen LogP contribution in [0.15, 0.2) is 0 Å². The second-order valence-electron chi connectivity index (χ2n) is 12.3. The van der Waals surface area contributed by atoms with E-state index in [0.717, 1.165) is 30.1 Å². The number of hydrogen-bond acceptors (Lipinski definition) is 7. The van der Waals surface area contributed by atoms with Crippen LogP contribution in [-0.2, 0) is 33.3 Å². The van der Waals surface area contributed by atoms with E-state index in [9.17, 15) is 14.4 Å². The van der Waals surface area contributed by atoms with Crippen molar-refractivity contribution in [1.29, 1.82) is 0 Å². The molecule has 0 heterocycles. The lowest BCUT2D eigenvalue weighted by atomic mass is 9.70. The highest BCUT2D eigenvalue weighted by Crippen LogP contribution is 2.67. The van der Waals surface area contributed by atoms with Gasteiger partial charge in [-0.05, 0) is 100 Å². The van der Waals surface area contributed by atoms with Gasteiger partial charge in [0.15, 0.2) is 0 Å². The van der Waals surface area contributed by atoms with E-state index in [2.05, 4.69) is 0 Å². The third-order valence-electron chi connectivity index (χ3n) is 10.3. The molecule has 0 saturated heterocycles. The maximum absolute atomic E-state index is 13.6. The van der Waals surface area contributed by atoms with Crippen molar-refractivity contribution in [2.75, 3.05) is 27.4 Å². The molecule has 0 N–H and O–H groups in total. The summed E-state index contributed by atoms with van der Waals surface area (Å²) >= 11 is 0. The summed E-state index contributed by atoms with van der Waals surface area (Å²) in [6.07, 6.45) is 8.24. The maximum Gasteiger partial charge on any atom is 0.311 e. The van der Waals surface area contributed by atoms with Crippen LogP contribution in [0.3, 0.4) is 0 Å². The maximum atomic E-state index is 13.6. The zero-order chi connectivity index (χ0) is 26.0. The number of methoxy groups -OCH3 is 2. The number of esters is 3. The van der Waals surface area contributed by atoms with Gasteiger partial charge in [-0.15, -0.1) is 0 Å². The van der Waals surface area contributed by atoms with E-state index in [1.54, 1.807) is 7.11 Å². The van der Waals surface area contributed by atoms with E-state index >= 15 is 0 Å². The third kappa shape index (κ3) is 5.32. The van der Waals surface area contributed by atoms with Crippen LogP contribution in [-0.4, -0.2) is 51.4 Å². The van der Waals surface area contributed by atoms with Crippen LogP contribution in [0.25, 0.3) is 0 Å². The standard InChI is InChI=1S/C29H46O7/c1-6-29(3,28(32)35-12-11-33-4)16-20(8-7-17(2)26(30)34-5)27(31)36-23-15-21-14-22(23)25-19-10-9-18(13-19)24(21)25/h17-25H,6-16H2,1-5H3. The molecule has 0 amide bonds. The van der Waals surface area contributed by atoms with Crippen LogP contribution in [0.5, 0.6) is 0 Å². The molecule has 4 rings (SSSR count). The molecule has 7 nitrogen and oxygen atoms in total. The summed E-state index contributed by atoms with van der Waals surface area (Å²) in [4.78, 5) is 38.6. The molecule has 204 valence electrons. The van der Waals surface area contributed by atoms with Crippen molar-refractivity contribution in [2.24, 2.45) is 52.8 Å². The molecule has 0 aromatic carbocycles. The Labute approximate surface area is 216 Å². The number of fused-ring (bicyclic) bond motifs is 9. The van der Waals surface area contributed by atoms with Gasteiger partial charge in [-0.1, -0.05) is 13.8 Å². The summed E-state index contributed by atoms with van der Waals surface area (Å²) in [6, 6.07) is 0. The first-order chi connectivity index (χ1) is 17.2. The van der Waals surface area contributed by atoms with Gasteiger partial charge in [-0.3, -0.25) is 14.4 Å². The van der Waals surface area contributed by atoms with E-state index in [-0.39, 0.29) is 36.5 Å². The average Bonchev–Trinajstić information content (AvgIpc) is 3.66. The molecular weight excluding hydrogens is 460 g/mol. The molecule has 0 aromatic heterocycles. The van der Waals surface area contributed by atoms with Crippen LogP contribution in [0.1, 0.15) is 78.6 Å². The Bertz CT molecular complexity index is 811. The van der Waals surface area contributed by atoms with Crippen molar-refractivity contribution in [3.05, 3.63) is 0 Å². The largest absolute Gasteiger partial charge is 0.469 e. The molecule has 4 saturated carbocycles. The van der Waals surface area contributed by atoms with Gasteiger partial charge in [0.2, 0.25) is 0 Å². The molecule has 7 heteroatoms. The van der Waals surface area contributed by atoms with Gasteiger partial charge in [-0.2, -0.15) is 0 Å². The lowest BCUT2D eigenvalue weighted by Gasteiger charge is -2.39. The molecule has 0 aliphatic heterocycles. The summed E-state index contributed by atoms with van der Waals surface area (Å²) in [5, 5.41) is 0. The fraction of sp³-hybridized carbons (Fsp3) is 0.897. The van der Waals surface area contributed by atoms with Crippen LogP contribution in [0.4, 0.5) is 0 Å². The highest BCUT2D eigenvalue weighted by molar-refractivity contribution is 5.79. The fourth-order valence-electron chi connectivity index (χ4n) is 8.27. The van der Waals surface area contributed by atoms with Crippen molar-refractivity contribution in [3.63, 3.8) is 0 Å². The van der Waals surface area contributed by atoms with Crippen molar-refractivity contribution in [1.82, 2.24) is 0 Å². The van der Waals surface area contributed by atoms with Gasteiger partial charge in [0, 0.05) is 7.11 Å². The zero-order valence-electron chi connectivity index (χ0n) is 22.8. The number of rotatable bonds is 13. The topological polar surface area (TPSA) is 88.1 Å². The zero-order valence-corrected chi connectivity index (χ0v) is 22.8. The lowest BCUT2D eigenvalue weighted by molar-refractivity contribution is -0.165. The first-order valence-electron chi connectivity index (χ1n) is 14.2. The van der Waals surface area contributed by atoms with Gasteiger partial charge in [0.05, 0.1) is 31.0 Å². The van der Waals surface area contributed by atoms with E-state index < -0.39 is 11.3 Å². The second-order valence-corrected chi connectivity index (χ2v) is 12.3. The molecule has 4 bridgehead atoms. The van der Waals surface area contributed by atoms with Crippen LogP contribution in [0.2, 0.25) is 0 Å². The SMILES string of the molecule is CCC(C)(CC(CCC(C)C(=O)OC)C(=O)OC1CC2CC1C1C3CCC(C3)C21)C(=O)OCCOC.